The molecule has 2 aliphatic heterocycles. The molecule has 33 heavy (non-hydrogen) atoms. The van der Waals surface area contributed by atoms with Gasteiger partial charge >= 0.3 is 0 Å². The van der Waals surface area contributed by atoms with E-state index < -0.39 is 10.0 Å². The highest BCUT2D eigenvalue weighted by atomic mass is 32.2. The second kappa shape index (κ2) is 10.1. The first-order valence-corrected chi connectivity index (χ1v) is 12.6. The molecule has 11 heteroatoms. The van der Waals surface area contributed by atoms with Gasteiger partial charge in [0.05, 0.1) is 23.8 Å². The number of amides is 1. The van der Waals surface area contributed by atoms with E-state index in [1.54, 1.807) is 11.0 Å². The van der Waals surface area contributed by atoms with Gasteiger partial charge in [-0.1, -0.05) is 5.16 Å². The third kappa shape index (κ3) is 5.66. The summed E-state index contributed by atoms with van der Waals surface area (Å²) in [7, 11) is -3.76. The number of carbonyl (C=O) groups excluding carboxylic acids is 1. The minimum absolute atomic E-state index is 0.0366. The molecule has 1 saturated heterocycles. The molecular formula is C22H30N4O6S. The lowest BCUT2D eigenvalue weighted by Crippen LogP contribution is -2.48. The van der Waals surface area contributed by atoms with Crippen molar-refractivity contribution in [3.05, 3.63) is 35.2 Å². The number of hydrogen-bond acceptors (Lipinski definition) is 8. The number of carbonyl (C=O) groups is 1. The molecule has 1 aromatic carbocycles. The number of fused-ring (bicyclic) bond motifs is 1. The van der Waals surface area contributed by atoms with Crippen LogP contribution in [0.15, 0.2) is 27.6 Å². The lowest BCUT2D eigenvalue weighted by Gasteiger charge is -2.34. The van der Waals surface area contributed by atoms with E-state index in [4.69, 9.17) is 14.0 Å². The number of hydrogen-bond donors (Lipinski definition) is 1. The van der Waals surface area contributed by atoms with Gasteiger partial charge in [0.2, 0.25) is 15.9 Å². The number of ether oxygens (including phenoxy) is 2. The summed E-state index contributed by atoms with van der Waals surface area (Å²) in [4.78, 5) is 16.7. The highest BCUT2D eigenvalue weighted by Crippen LogP contribution is 2.31. The lowest BCUT2D eigenvalue weighted by atomic mass is 10.1. The number of benzene rings is 1. The third-order valence-corrected chi connectivity index (χ3v) is 7.41. The van der Waals surface area contributed by atoms with Gasteiger partial charge in [-0.15, -0.1) is 0 Å². The molecule has 4 rings (SSSR count). The van der Waals surface area contributed by atoms with Crippen molar-refractivity contribution in [3.8, 4) is 11.5 Å². The van der Waals surface area contributed by atoms with Crippen LogP contribution in [0.2, 0.25) is 0 Å². The van der Waals surface area contributed by atoms with Crippen LogP contribution in [-0.4, -0.2) is 75.2 Å². The van der Waals surface area contributed by atoms with Crippen molar-refractivity contribution in [2.24, 2.45) is 0 Å². The third-order valence-electron chi connectivity index (χ3n) is 5.95. The van der Waals surface area contributed by atoms with Crippen molar-refractivity contribution in [1.29, 1.82) is 0 Å². The van der Waals surface area contributed by atoms with Gasteiger partial charge in [0.1, 0.15) is 5.76 Å². The zero-order valence-electron chi connectivity index (χ0n) is 19.0. The fourth-order valence-corrected chi connectivity index (χ4v) is 5.00. The Morgan fingerprint density at radius 2 is 1.82 bits per heavy atom. The highest BCUT2D eigenvalue weighted by molar-refractivity contribution is 7.89. The van der Waals surface area contributed by atoms with Crippen LogP contribution in [-0.2, 0) is 21.4 Å². The lowest BCUT2D eigenvalue weighted by molar-refractivity contribution is -0.132. The van der Waals surface area contributed by atoms with E-state index >= 15 is 0 Å². The van der Waals surface area contributed by atoms with E-state index in [1.807, 2.05) is 13.8 Å². The number of aryl methyl sites for hydroxylation is 2. The minimum atomic E-state index is -3.76. The van der Waals surface area contributed by atoms with Crippen LogP contribution in [0.25, 0.3) is 0 Å². The molecule has 0 radical (unpaired) electrons. The average molecular weight is 479 g/mol. The van der Waals surface area contributed by atoms with Crippen LogP contribution in [0.4, 0.5) is 0 Å². The SMILES string of the molecule is Cc1noc(C)c1CN1CCN(C(=O)CCNS(=O)(=O)c2ccc3c(c2)OCCCO3)CC1. The summed E-state index contributed by atoms with van der Waals surface area (Å²) >= 11 is 0. The van der Waals surface area contributed by atoms with Crippen LogP contribution < -0.4 is 14.2 Å². The predicted octanol–water partition coefficient (Wildman–Crippen LogP) is 1.47. The van der Waals surface area contributed by atoms with Crippen molar-refractivity contribution >= 4 is 15.9 Å². The average Bonchev–Trinajstić information content (AvgIpc) is 2.99. The summed E-state index contributed by atoms with van der Waals surface area (Å²) in [5.74, 6) is 1.72. The Hall–Kier alpha value is -2.63. The Morgan fingerprint density at radius 3 is 2.52 bits per heavy atom. The largest absolute Gasteiger partial charge is 0.490 e. The molecular weight excluding hydrogens is 448 g/mol. The zero-order chi connectivity index (χ0) is 23.4. The first kappa shape index (κ1) is 23.5. The first-order chi connectivity index (χ1) is 15.8. The maximum atomic E-state index is 12.7. The van der Waals surface area contributed by atoms with Crippen molar-refractivity contribution in [1.82, 2.24) is 19.7 Å². The van der Waals surface area contributed by atoms with Crippen LogP contribution >= 0.6 is 0 Å². The first-order valence-electron chi connectivity index (χ1n) is 11.1. The number of nitrogens with zero attached hydrogens (tertiary/aromatic N) is 3. The number of rotatable bonds is 7. The van der Waals surface area contributed by atoms with Crippen LogP contribution in [0.5, 0.6) is 11.5 Å². The van der Waals surface area contributed by atoms with Crippen molar-refractivity contribution in [3.63, 3.8) is 0 Å². The zero-order valence-corrected chi connectivity index (χ0v) is 19.8. The topological polar surface area (TPSA) is 114 Å². The molecule has 1 amide bonds. The second-order valence-corrected chi connectivity index (χ2v) is 10.0. The van der Waals surface area contributed by atoms with E-state index in [1.165, 1.54) is 12.1 Å². The molecule has 0 saturated carbocycles. The van der Waals surface area contributed by atoms with E-state index in [2.05, 4.69) is 14.8 Å². The molecule has 0 atom stereocenters. The van der Waals surface area contributed by atoms with Gasteiger partial charge < -0.3 is 18.9 Å². The minimum Gasteiger partial charge on any atom is -0.490 e. The smallest absolute Gasteiger partial charge is 0.240 e. The Kier molecular flexibility index (Phi) is 7.20. The Morgan fingerprint density at radius 1 is 1.09 bits per heavy atom. The quantitative estimate of drug-likeness (QED) is 0.636. The van der Waals surface area contributed by atoms with Gasteiger partial charge in [-0.3, -0.25) is 9.69 Å². The van der Waals surface area contributed by atoms with E-state index in [-0.39, 0.29) is 23.8 Å². The van der Waals surface area contributed by atoms with Crippen LogP contribution in [0, 0.1) is 13.8 Å². The van der Waals surface area contributed by atoms with Gasteiger partial charge in [-0.25, -0.2) is 13.1 Å². The molecule has 180 valence electrons. The van der Waals surface area contributed by atoms with Crippen LogP contribution in [0.1, 0.15) is 29.9 Å². The Balaban J connectivity index is 1.24. The molecule has 1 aromatic heterocycles. The fourth-order valence-electron chi connectivity index (χ4n) is 3.95. The maximum absolute atomic E-state index is 12.7. The number of sulfonamides is 1. The summed E-state index contributed by atoms with van der Waals surface area (Å²) in [5, 5.41) is 3.99. The summed E-state index contributed by atoms with van der Waals surface area (Å²) in [6.07, 6.45) is 0.846. The molecule has 0 aliphatic carbocycles. The molecule has 0 bridgehead atoms. The highest BCUT2D eigenvalue weighted by Gasteiger charge is 2.24. The molecule has 0 spiro atoms. The van der Waals surface area contributed by atoms with Gasteiger partial charge in [-0.05, 0) is 26.0 Å². The van der Waals surface area contributed by atoms with Crippen molar-refractivity contribution in [2.45, 2.75) is 38.1 Å². The Labute approximate surface area is 193 Å². The summed E-state index contributed by atoms with van der Waals surface area (Å²) < 4.78 is 44.2. The van der Waals surface area contributed by atoms with Crippen molar-refractivity contribution in [2.75, 3.05) is 45.9 Å². The number of piperazine rings is 1. The Bertz CT molecular complexity index is 1070. The molecule has 1 N–H and O–H groups in total. The van der Waals surface area contributed by atoms with E-state index in [9.17, 15) is 13.2 Å². The summed E-state index contributed by atoms with van der Waals surface area (Å²) in [6, 6.07) is 4.54. The van der Waals surface area contributed by atoms with Gasteiger partial charge in [0.15, 0.2) is 11.5 Å². The molecule has 2 aromatic rings. The molecule has 0 unspecified atom stereocenters. The summed E-state index contributed by atoms with van der Waals surface area (Å²) in [5.41, 5.74) is 1.99. The monoisotopic (exact) mass is 478 g/mol. The van der Waals surface area contributed by atoms with Gasteiger partial charge in [0.25, 0.3) is 0 Å². The number of aromatic nitrogens is 1. The molecule has 10 nitrogen and oxygen atoms in total. The van der Waals surface area contributed by atoms with E-state index in [0.717, 1.165) is 43.1 Å². The normalized spacial score (nSPS) is 17.1. The standard InChI is InChI=1S/C22H30N4O6S/c1-16-19(17(2)32-24-16)15-25-8-10-26(11-9-25)22(27)6-7-23-33(28,29)18-4-5-20-21(14-18)31-13-3-12-30-20/h4-5,14,23H,3,6-13,15H2,1-2H3. The summed E-state index contributed by atoms with van der Waals surface area (Å²) in [6.45, 7) is 8.35. The molecule has 2 aliphatic rings. The van der Waals surface area contributed by atoms with E-state index in [0.29, 0.717) is 37.8 Å². The van der Waals surface area contributed by atoms with Crippen LogP contribution in [0.3, 0.4) is 0 Å². The molecule has 1 fully saturated rings. The molecule has 3 heterocycles. The maximum Gasteiger partial charge on any atom is 0.240 e. The number of nitrogens with one attached hydrogen (secondary N) is 1. The fraction of sp³-hybridized carbons (Fsp3) is 0.545. The van der Waals surface area contributed by atoms with Crippen molar-refractivity contribution < 1.29 is 27.2 Å². The van der Waals surface area contributed by atoms with Gasteiger partial charge in [-0.2, -0.15) is 0 Å². The second-order valence-electron chi connectivity index (χ2n) is 8.27. The van der Waals surface area contributed by atoms with Gasteiger partial charge in [0, 0.05) is 63.7 Å². The predicted molar refractivity (Wildman–Crippen MR) is 120 cm³/mol.